The molecule has 5 heteroatoms. The number of carbonyl (C=O) groups is 1. The van der Waals surface area contributed by atoms with Crippen molar-refractivity contribution >= 4 is 5.91 Å². The number of phenols is 1. The largest absolute Gasteiger partial charge is 0.507 e. The Morgan fingerprint density at radius 1 is 1.53 bits per heavy atom. The maximum atomic E-state index is 13.4. The van der Waals surface area contributed by atoms with Crippen LogP contribution >= 0.6 is 0 Å². The summed E-state index contributed by atoms with van der Waals surface area (Å²) in [7, 11) is 0. The Morgan fingerprint density at radius 3 is 2.76 bits per heavy atom. The van der Waals surface area contributed by atoms with Crippen molar-refractivity contribution in [3.63, 3.8) is 0 Å². The third-order valence-corrected chi connectivity index (χ3v) is 3.17. The second kappa shape index (κ2) is 4.33. The summed E-state index contributed by atoms with van der Waals surface area (Å²) in [4.78, 5) is 11.7. The van der Waals surface area contributed by atoms with Crippen LogP contribution in [-0.4, -0.2) is 23.1 Å². The predicted octanol–water partition coefficient (Wildman–Crippen LogP) is 1.14. The average Bonchev–Trinajstić information content (AvgIpc) is 2.23. The van der Waals surface area contributed by atoms with Crippen LogP contribution in [0.5, 0.6) is 5.75 Å². The number of hydrogen-bond acceptors (Lipinski definition) is 3. The van der Waals surface area contributed by atoms with Gasteiger partial charge >= 0.3 is 0 Å². The van der Waals surface area contributed by atoms with Crippen molar-refractivity contribution in [2.75, 3.05) is 6.54 Å². The van der Waals surface area contributed by atoms with Crippen LogP contribution in [0.2, 0.25) is 0 Å². The molecule has 0 bridgehead atoms. The quantitative estimate of drug-likeness (QED) is 0.739. The number of rotatable bonds is 3. The van der Waals surface area contributed by atoms with Crippen LogP contribution in [0.15, 0.2) is 18.2 Å². The Labute approximate surface area is 98.6 Å². The average molecular weight is 238 g/mol. The molecule has 0 saturated heterocycles. The van der Waals surface area contributed by atoms with E-state index in [4.69, 9.17) is 5.73 Å². The van der Waals surface area contributed by atoms with Crippen LogP contribution in [0, 0.1) is 5.82 Å². The van der Waals surface area contributed by atoms with E-state index in [0.29, 0.717) is 6.54 Å². The number of aromatic hydroxyl groups is 1. The molecule has 0 aliphatic heterocycles. The molecule has 4 nitrogen and oxygen atoms in total. The normalized spacial score (nSPS) is 17.3. The Balaban J connectivity index is 2.04. The number of hydrogen-bond donors (Lipinski definition) is 3. The van der Waals surface area contributed by atoms with Crippen LogP contribution in [0.3, 0.4) is 0 Å². The molecular weight excluding hydrogens is 223 g/mol. The molecule has 2 rings (SSSR count). The van der Waals surface area contributed by atoms with Gasteiger partial charge in [0, 0.05) is 12.1 Å². The van der Waals surface area contributed by atoms with Gasteiger partial charge in [0.25, 0.3) is 5.91 Å². The number of carbonyl (C=O) groups excluding carboxylic acids is 1. The van der Waals surface area contributed by atoms with Crippen molar-refractivity contribution in [3.05, 3.63) is 29.6 Å². The number of nitrogens with two attached hydrogens (primary N) is 1. The SMILES string of the molecule is NC1(CNC(=O)c2c(O)cccc2F)CCC1. The summed E-state index contributed by atoms with van der Waals surface area (Å²) in [6.07, 6.45) is 2.77. The first-order valence-electron chi connectivity index (χ1n) is 5.56. The topological polar surface area (TPSA) is 75.3 Å². The van der Waals surface area contributed by atoms with Gasteiger partial charge in [-0.05, 0) is 31.4 Å². The van der Waals surface area contributed by atoms with E-state index in [-0.39, 0.29) is 16.9 Å². The number of nitrogens with one attached hydrogen (secondary N) is 1. The Morgan fingerprint density at radius 2 is 2.24 bits per heavy atom. The summed E-state index contributed by atoms with van der Waals surface area (Å²) >= 11 is 0. The summed E-state index contributed by atoms with van der Waals surface area (Å²) in [6, 6.07) is 3.76. The number of halogens is 1. The fourth-order valence-electron chi connectivity index (χ4n) is 1.89. The molecule has 17 heavy (non-hydrogen) atoms. The zero-order chi connectivity index (χ0) is 12.5. The third kappa shape index (κ3) is 2.39. The van der Waals surface area contributed by atoms with Gasteiger partial charge in [-0.25, -0.2) is 4.39 Å². The molecular formula is C12H15FN2O2. The Kier molecular flexibility index (Phi) is 3.02. The molecule has 0 radical (unpaired) electrons. The highest BCUT2D eigenvalue weighted by molar-refractivity contribution is 5.97. The zero-order valence-corrected chi connectivity index (χ0v) is 9.37. The summed E-state index contributed by atoms with van der Waals surface area (Å²) < 4.78 is 13.4. The monoisotopic (exact) mass is 238 g/mol. The van der Waals surface area contributed by atoms with Gasteiger partial charge in [-0.1, -0.05) is 6.07 Å². The lowest BCUT2D eigenvalue weighted by atomic mass is 9.78. The van der Waals surface area contributed by atoms with Crippen molar-refractivity contribution in [2.24, 2.45) is 5.73 Å². The summed E-state index contributed by atoms with van der Waals surface area (Å²) in [6.45, 7) is 0.305. The van der Waals surface area contributed by atoms with Gasteiger partial charge < -0.3 is 16.2 Å². The molecule has 92 valence electrons. The van der Waals surface area contributed by atoms with E-state index in [2.05, 4.69) is 5.32 Å². The maximum absolute atomic E-state index is 13.4. The van der Waals surface area contributed by atoms with Gasteiger partial charge in [0.05, 0.1) is 0 Å². The second-order valence-corrected chi connectivity index (χ2v) is 4.53. The van der Waals surface area contributed by atoms with Crippen LogP contribution in [-0.2, 0) is 0 Å². The van der Waals surface area contributed by atoms with Gasteiger partial charge in [0.15, 0.2) is 0 Å². The standard InChI is InChI=1S/C12H15FN2O2/c13-8-3-1-4-9(16)10(8)11(17)15-7-12(14)5-2-6-12/h1,3-4,16H,2,5-7,14H2,(H,15,17). The third-order valence-electron chi connectivity index (χ3n) is 3.17. The van der Waals surface area contributed by atoms with E-state index >= 15 is 0 Å². The highest BCUT2D eigenvalue weighted by atomic mass is 19.1. The molecule has 0 atom stereocenters. The zero-order valence-electron chi connectivity index (χ0n) is 9.37. The minimum atomic E-state index is -0.734. The summed E-state index contributed by atoms with van der Waals surface area (Å²) in [5, 5.41) is 12.0. The van der Waals surface area contributed by atoms with Crippen LogP contribution in [0.1, 0.15) is 29.6 Å². The summed E-state index contributed by atoms with van der Waals surface area (Å²) in [5.41, 5.74) is 5.25. The molecule has 1 saturated carbocycles. The number of amides is 1. The Bertz CT molecular complexity index is 424. The van der Waals surface area contributed by atoms with Crippen LogP contribution in [0.25, 0.3) is 0 Å². The maximum Gasteiger partial charge on any atom is 0.258 e. The minimum absolute atomic E-state index is 0.305. The van der Waals surface area contributed by atoms with E-state index in [9.17, 15) is 14.3 Å². The molecule has 1 aromatic carbocycles. The lowest BCUT2D eigenvalue weighted by molar-refractivity contribution is 0.0923. The van der Waals surface area contributed by atoms with Crippen molar-refractivity contribution < 1.29 is 14.3 Å². The van der Waals surface area contributed by atoms with E-state index < -0.39 is 11.7 Å². The van der Waals surface area contributed by atoms with Crippen molar-refractivity contribution in [1.29, 1.82) is 0 Å². The van der Waals surface area contributed by atoms with Crippen LogP contribution in [0.4, 0.5) is 4.39 Å². The van der Waals surface area contributed by atoms with Gasteiger partial charge in [-0.2, -0.15) is 0 Å². The molecule has 4 N–H and O–H groups in total. The van der Waals surface area contributed by atoms with Crippen molar-refractivity contribution in [3.8, 4) is 5.75 Å². The predicted molar refractivity (Wildman–Crippen MR) is 61.2 cm³/mol. The fourth-order valence-corrected chi connectivity index (χ4v) is 1.89. The highest BCUT2D eigenvalue weighted by Crippen LogP contribution is 2.28. The first kappa shape index (κ1) is 11.9. The van der Waals surface area contributed by atoms with Crippen LogP contribution < -0.4 is 11.1 Å². The van der Waals surface area contributed by atoms with E-state index in [1.807, 2.05) is 0 Å². The fraction of sp³-hybridized carbons (Fsp3) is 0.417. The van der Waals surface area contributed by atoms with E-state index in [1.54, 1.807) is 0 Å². The molecule has 1 aliphatic carbocycles. The lowest BCUT2D eigenvalue weighted by Crippen LogP contribution is -2.55. The van der Waals surface area contributed by atoms with Gasteiger partial charge in [-0.15, -0.1) is 0 Å². The Hall–Kier alpha value is -1.62. The molecule has 0 spiro atoms. The first-order valence-corrected chi connectivity index (χ1v) is 5.56. The highest BCUT2D eigenvalue weighted by Gasteiger charge is 2.33. The first-order chi connectivity index (χ1) is 8.02. The summed E-state index contributed by atoms with van der Waals surface area (Å²) in [5.74, 6) is -1.72. The molecule has 1 aliphatic rings. The van der Waals surface area contributed by atoms with Gasteiger partial charge in [-0.3, -0.25) is 4.79 Å². The number of benzene rings is 1. The molecule has 0 unspecified atom stereocenters. The molecule has 0 aromatic heterocycles. The van der Waals surface area contributed by atoms with Crippen molar-refractivity contribution in [1.82, 2.24) is 5.32 Å². The van der Waals surface area contributed by atoms with Crippen molar-refractivity contribution in [2.45, 2.75) is 24.8 Å². The molecule has 1 fully saturated rings. The minimum Gasteiger partial charge on any atom is -0.507 e. The molecule has 1 amide bonds. The van der Waals surface area contributed by atoms with E-state index in [1.165, 1.54) is 12.1 Å². The second-order valence-electron chi connectivity index (χ2n) is 4.53. The lowest BCUT2D eigenvalue weighted by Gasteiger charge is -2.38. The van der Waals surface area contributed by atoms with E-state index in [0.717, 1.165) is 25.3 Å². The smallest absolute Gasteiger partial charge is 0.258 e. The number of phenolic OH excluding ortho intramolecular Hbond substituents is 1. The van der Waals surface area contributed by atoms with Gasteiger partial charge in [0.2, 0.25) is 0 Å². The molecule has 1 aromatic rings. The van der Waals surface area contributed by atoms with Gasteiger partial charge in [0.1, 0.15) is 17.1 Å². The molecule has 0 heterocycles.